The monoisotopic (exact) mass is 240 g/mol. The fourth-order valence-electron chi connectivity index (χ4n) is 1.25. The number of aromatic nitrogens is 3. The molecule has 2 rings (SSSR count). The summed E-state index contributed by atoms with van der Waals surface area (Å²) in [5.74, 6) is 0.575. The van der Waals surface area contributed by atoms with Gasteiger partial charge >= 0.3 is 0 Å². The van der Waals surface area contributed by atoms with Crippen LogP contribution < -0.4 is 5.32 Å². The molecule has 0 spiro atoms. The van der Waals surface area contributed by atoms with Crippen molar-refractivity contribution in [2.45, 2.75) is 13.0 Å². The van der Waals surface area contributed by atoms with E-state index in [0.29, 0.717) is 17.5 Å². The highest BCUT2D eigenvalue weighted by Gasteiger charge is 2.05. The smallest absolute Gasteiger partial charge is 0.243 e. The molecule has 1 atom stereocenters. The van der Waals surface area contributed by atoms with E-state index in [-0.39, 0.29) is 6.10 Å². The summed E-state index contributed by atoms with van der Waals surface area (Å²) >= 11 is 5.85. The van der Waals surface area contributed by atoms with E-state index in [0.717, 1.165) is 5.65 Å². The maximum absolute atomic E-state index is 5.85. The summed E-state index contributed by atoms with van der Waals surface area (Å²) in [7, 11) is 1.67. The number of hydrogen-bond acceptors (Lipinski definition) is 4. The Balaban J connectivity index is 2.13. The second-order valence-corrected chi connectivity index (χ2v) is 3.95. The molecule has 6 heteroatoms. The van der Waals surface area contributed by atoms with Gasteiger partial charge in [0.25, 0.3) is 0 Å². The van der Waals surface area contributed by atoms with Gasteiger partial charge in [-0.1, -0.05) is 11.6 Å². The molecule has 1 unspecified atom stereocenters. The zero-order chi connectivity index (χ0) is 11.5. The van der Waals surface area contributed by atoms with Gasteiger partial charge in [0.1, 0.15) is 0 Å². The first-order chi connectivity index (χ1) is 7.69. The topological polar surface area (TPSA) is 51.5 Å². The molecule has 0 bridgehead atoms. The normalized spacial score (nSPS) is 12.9. The molecule has 0 amide bonds. The highest BCUT2D eigenvalue weighted by molar-refractivity contribution is 6.30. The Labute approximate surface area is 98.4 Å². The largest absolute Gasteiger partial charge is 0.380 e. The zero-order valence-electron chi connectivity index (χ0n) is 9.14. The van der Waals surface area contributed by atoms with Crippen LogP contribution in [0.5, 0.6) is 0 Å². The molecule has 0 saturated carbocycles. The first-order valence-corrected chi connectivity index (χ1v) is 5.35. The van der Waals surface area contributed by atoms with Crippen LogP contribution in [-0.2, 0) is 4.74 Å². The molecule has 2 aromatic heterocycles. The quantitative estimate of drug-likeness (QED) is 0.886. The van der Waals surface area contributed by atoms with Gasteiger partial charge in [0, 0.05) is 19.9 Å². The molecule has 86 valence electrons. The fourth-order valence-corrected chi connectivity index (χ4v) is 1.41. The molecule has 0 fully saturated rings. The van der Waals surface area contributed by atoms with Crippen molar-refractivity contribution in [1.82, 2.24) is 14.6 Å². The summed E-state index contributed by atoms with van der Waals surface area (Å²) in [6.07, 6.45) is 1.84. The van der Waals surface area contributed by atoms with E-state index < -0.39 is 0 Å². The van der Waals surface area contributed by atoms with Gasteiger partial charge < -0.3 is 10.1 Å². The van der Waals surface area contributed by atoms with Crippen LogP contribution in [0.1, 0.15) is 6.92 Å². The molecule has 0 saturated heterocycles. The highest BCUT2D eigenvalue weighted by atomic mass is 35.5. The second kappa shape index (κ2) is 4.67. The Morgan fingerprint density at radius 3 is 3.12 bits per heavy atom. The third-order valence-electron chi connectivity index (χ3n) is 2.24. The molecule has 2 aromatic rings. The van der Waals surface area contributed by atoms with Crippen molar-refractivity contribution >= 4 is 23.2 Å². The third kappa shape index (κ3) is 2.43. The van der Waals surface area contributed by atoms with E-state index in [1.807, 2.05) is 13.0 Å². The number of halogens is 1. The van der Waals surface area contributed by atoms with E-state index >= 15 is 0 Å². The van der Waals surface area contributed by atoms with Gasteiger partial charge in [-0.2, -0.15) is 4.98 Å². The fraction of sp³-hybridized carbons (Fsp3) is 0.400. The Kier molecular flexibility index (Phi) is 3.26. The maximum atomic E-state index is 5.85. The van der Waals surface area contributed by atoms with Gasteiger partial charge in [0.15, 0.2) is 5.65 Å². The number of ether oxygens (including phenoxy) is 1. The van der Waals surface area contributed by atoms with Gasteiger partial charge in [-0.25, -0.2) is 4.52 Å². The van der Waals surface area contributed by atoms with Crippen LogP contribution in [0.3, 0.4) is 0 Å². The van der Waals surface area contributed by atoms with E-state index in [1.54, 1.807) is 23.9 Å². The third-order valence-corrected chi connectivity index (χ3v) is 2.47. The molecular formula is C10H13ClN4O. The Morgan fingerprint density at radius 2 is 2.38 bits per heavy atom. The first kappa shape index (κ1) is 11.2. The number of hydrogen-bond donors (Lipinski definition) is 1. The molecule has 0 aliphatic rings. The Morgan fingerprint density at radius 1 is 1.56 bits per heavy atom. The van der Waals surface area contributed by atoms with Crippen molar-refractivity contribution in [3.63, 3.8) is 0 Å². The van der Waals surface area contributed by atoms with Crippen LogP contribution in [0, 0.1) is 0 Å². The highest BCUT2D eigenvalue weighted by Crippen LogP contribution is 2.11. The second-order valence-electron chi connectivity index (χ2n) is 3.51. The SMILES string of the molecule is COC(C)CNc1nc2ccc(Cl)cn2n1. The summed E-state index contributed by atoms with van der Waals surface area (Å²) in [6.45, 7) is 2.64. The number of fused-ring (bicyclic) bond motifs is 1. The summed E-state index contributed by atoms with van der Waals surface area (Å²) in [5.41, 5.74) is 0.761. The summed E-state index contributed by atoms with van der Waals surface area (Å²) in [5, 5.41) is 7.96. The summed E-state index contributed by atoms with van der Waals surface area (Å²) < 4.78 is 6.76. The molecule has 16 heavy (non-hydrogen) atoms. The zero-order valence-corrected chi connectivity index (χ0v) is 9.90. The molecule has 1 N–H and O–H groups in total. The van der Waals surface area contributed by atoms with E-state index in [2.05, 4.69) is 15.4 Å². The number of pyridine rings is 1. The van der Waals surface area contributed by atoms with Gasteiger partial charge in [-0.3, -0.25) is 0 Å². The van der Waals surface area contributed by atoms with Crippen LogP contribution >= 0.6 is 11.6 Å². The number of anilines is 1. The predicted octanol–water partition coefficient (Wildman–Crippen LogP) is 1.83. The minimum absolute atomic E-state index is 0.121. The van der Waals surface area contributed by atoms with Crippen molar-refractivity contribution < 1.29 is 4.74 Å². The molecule has 0 radical (unpaired) electrons. The van der Waals surface area contributed by atoms with Crippen molar-refractivity contribution in [2.75, 3.05) is 19.0 Å². The predicted molar refractivity (Wildman–Crippen MR) is 63.0 cm³/mol. The van der Waals surface area contributed by atoms with Gasteiger partial charge in [0.2, 0.25) is 5.95 Å². The summed E-state index contributed by atoms with van der Waals surface area (Å²) in [4.78, 5) is 4.29. The molecule has 0 aliphatic carbocycles. The number of rotatable bonds is 4. The minimum Gasteiger partial charge on any atom is -0.380 e. The molecule has 0 aromatic carbocycles. The lowest BCUT2D eigenvalue weighted by Crippen LogP contribution is -2.18. The van der Waals surface area contributed by atoms with Crippen molar-refractivity contribution in [3.8, 4) is 0 Å². The lowest BCUT2D eigenvalue weighted by atomic mass is 10.4. The average Bonchev–Trinajstić information content (AvgIpc) is 2.67. The number of methoxy groups -OCH3 is 1. The summed E-state index contributed by atoms with van der Waals surface area (Å²) in [6, 6.07) is 3.60. The standard InChI is InChI=1S/C10H13ClN4O/c1-7(16-2)5-12-10-13-9-4-3-8(11)6-15(9)14-10/h3-4,6-7H,5H2,1-2H3,(H,12,14). The van der Waals surface area contributed by atoms with Gasteiger partial charge in [0.05, 0.1) is 11.1 Å². The molecule has 5 nitrogen and oxygen atoms in total. The Bertz CT molecular complexity index is 485. The lowest BCUT2D eigenvalue weighted by molar-refractivity contribution is 0.128. The molecule has 2 heterocycles. The minimum atomic E-state index is 0.121. The van der Waals surface area contributed by atoms with E-state index in [9.17, 15) is 0 Å². The molecule has 0 aliphatic heterocycles. The average molecular weight is 241 g/mol. The van der Waals surface area contributed by atoms with E-state index in [1.165, 1.54) is 0 Å². The van der Waals surface area contributed by atoms with Gasteiger partial charge in [-0.15, -0.1) is 5.10 Å². The molecular weight excluding hydrogens is 228 g/mol. The van der Waals surface area contributed by atoms with Crippen LogP contribution in [-0.4, -0.2) is 34.4 Å². The van der Waals surface area contributed by atoms with E-state index in [4.69, 9.17) is 16.3 Å². The Hall–Kier alpha value is -1.33. The van der Waals surface area contributed by atoms with Crippen molar-refractivity contribution in [1.29, 1.82) is 0 Å². The first-order valence-electron chi connectivity index (χ1n) is 4.97. The van der Waals surface area contributed by atoms with Crippen molar-refractivity contribution in [3.05, 3.63) is 23.4 Å². The van der Waals surface area contributed by atoms with Crippen molar-refractivity contribution in [2.24, 2.45) is 0 Å². The van der Waals surface area contributed by atoms with Crippen LogP contribution in [0.25, 0.3) is 5.65 Å². The van der Waals surface area contributed by atoms with Crippen LogP contribution in [0.15, 0.2) is 18.3 Å². The van der Waals surface area contributed by atoms with Crippen LogP contribution in [0.2, 0.25) is 5.02 Å². The number of nitrogens with one attached hydrogen (secondary N) is 1. The number of nitrogens with zero attached hydrogens (tertiary/aromatic N) is 3. The maximum Gasteiger partial charge on any atom is 0.243 e. The lowest BCUT2D eigenvalue weighted by Gasteiger charge is -2.08. The van der Waals surface area contributed by atoms with Crippen LogP contribution in [0.4, 0.5) is 5.95 Å². The van der Waals surface area contributed by atoms with Gasteiger partial charge in [-0.05, 0) is 19.1 Å².